The highest BCUT2D eigenvalue weighted by Gasteiger charge is 2.45. The van der Waals surface area contributed by atoms with Gasteiger partial charge in [-0.3, -0.25) is 0 Å². The van der Waals surface area contributed by atoms with E-state index in [2.05, 4.69) is 253 Å². The molecule has 4 aliphatic carbocycles. The largest absolute Gasteiger partial charge is 0.461 e. The van der Waals surface area contributed by atoms with E-state index in [4.69, 9.17) is 4.74 Å². The molecule has 2 aliphatic heterocycles. The molecule has 0 saturated heterocycles. The van der Waals surface area contributed by atoms with Gasteiger partial charge in [0, 0.05) is 56.7 Å². The van der Waals surface area contributed by atoms with E-state index < -0.39 is 0 Å². The quantitative estimate of drug-likeness (QED) is 0.158. The van der Waals surface area contributed by atoms with Crippen molar-refractivity contribution in [2.45, 2.75) is 168 Å². The lowest BCUT2D eigenvalue weighted by Gasteiger charge is -2.45. The van der Waals surface area contributed by atoms with Crippen LogP contribution in [0.1, 0.15) is 183 Å². The van der Waals surface area contributed by atoms with Crippen LogP contribution in [-0.2, 0) is 32.5 Å². The fraction of sp³-hybridized carbons (Fsp3) is 0.380. The highest BCUT2D eigenvalue weighted by atomic mass is 16.5. The Morgan fingerprint density at radius 2 is 0.892 bits per heavy atom. The zero-order valence-corrected chi connectivity index (χ0v) is 47.1. The van der Waals surface area contributed by atoms with Crippen molar-refractivity contribution in [3.05, 3.63) is 206 Å². The number of ether oxygens (including phenoxy) is 1. The minimum Gasteiger partial charge on any atom is -0.461 e. The Bertz CT molecular complexity index is 3490. The monoisotopic (exact) mass is 975 g/mol. The van der Waals surface area contributed by atoms with E-state index in [0.717, 1.165) is 35.7 Å². The van der Waals surface area contributed by atoms with Gasteiger partial charge in [0.15, 0.2) is 0 Å². The molecule has 2 atom stereocenters. The zero-order valence-electron chi connectivity index (χ0n) is 47.1. The van der Waals surface area contributed by atoms with Crippen LogP contribution in [0.3, 0.4) is 0 Å². The molecule has 0 fully saturated rings. The normalized spacial score (nSPS) is 21.3. The molecule has 2 bridgehead atoms. The summed E-state index contributed by atoms with van der Waals surface area (Å²) in [6.45, 7) is 36.4. The molecule has 0 radical (unpaired) electrons. The Morgan fingerprint density at radius 3 is 1.45 bits per heavy atom. The molecular formula is C71H78N2O. The summed E-state index contributed by atoms with van der Waals surface area (Å²) in [7, 11) is 0. The second-order valence-electron chi connectivity index (χ2n) is 26.9. The number of fused-ring (bicyclic) bond motifs is 4. The third-order valence-electron chi connectivity index (χ3n) is 19.4. The maximum Gasteiger partial charge on any atom is 0.132 e. The van der Waals surface area contributed by atoms with Crippen LogP contribution in [0.25, 0.3) is 11.1 Å². The van der Waals surface area contributed by atoms with Crippen LogP contribution in [0.5, 0.6) is 5.75 Å². The number of benzene rings is 7. The molecule has 3 heteroatoms. The van der Waals surface area contributed by atoms with Gasteiger partial charge in [-0.15, -0.1) is 0 Å². The van der Waals surface area contributed by atoms with Gasteiger partial charge in [-0.25, -0.2) is 0 Å². The second-order valence-corrected chi connectivity index (χ2v) is 26.9. The SMILES string of the molecule is Cc1cc2c(cc1N(c1cc(-c3ccccc3)cc(N(c3cc4c(cc3C)C(C)(C)CCC4(C)C)c3cccc4c3C3C=C(O4)[C@@H]3C)c1)c1ccc3c(c1)C(C)(C)c1ccccc1C3(C)C)C(C)(C)CCC2(C)C. The van der Waals surface area contributed by atoms with Crippen molar-refractivity contribution in [1.82, 2.24) is 0 Å². The minimum atomic E-state index is -0.221. The van der Waals surface area contributed by atoms with Crippen LogP contribution < -0.4 is 14.5 Å². The van der Waals surface area contributed by atoms with E-state index in [0.29, 0.717) is 5.92 Å². The maximum absolute atomic E-state index is 6.74. The predicted molar refractivity (Wildman–Crippen MR) is 313 cm³/mol. The smallest absolute Gasteiger partial charge is 0.132 e. The van der Waals surface area contributed by atoms with Crippen molar-refractivity contribution in [2.24, 2.45) is 5.92 Å². The lowest BCUT2D eigenvalue weighted by Crippen LogP contribution is -2.36. The highest BCUT2D eigenvalue weighted by molar-refractivity contribution is 5.91. The summed E-state index contributed by atoms with van der Waals surface area (Å²) in [4.78, 5) is 5.25. The van der Waals surface area contributed by atoms with Crippen LogP contribution in [0, 0.1) is 19.8 Å². The van der Waals surface area contributed by atoms with Crippen molar-refractivity contribution in [2.75, 3.05) is 9.80 Å². The average molecular weight is 975 g/mol. The molecule has 7 aromatic carbocycles. The Kier molecular flexibility index (Phi) is 10.7. The van der Waals surface area contributed by atoms with Crippen molar-refractivity contribution >= 4 is 34.1 Å². The van der Waals surface area contributed by atoms with E-state index in [9.17, 15) is 0 Å². The molecule has 0 spiro atoms. The summed E-state index contributed by atoms with van der Waals surface area (Å²) < 4.78 is 6.74. The van der Waals surface area contributed by atoms with Crippen LogP contribution >= 0.6 is 0 Å². The van der Waals surface area contributed by atoms with Gasteiger partial charge in [-0.05, 0) is 189 Å². The molecule has 74 heavy (non-hydrogen) atoms. The van der Waals surface area contributed by atoms with E-state index in [1.807, 2.05) is 0 Å². The predicted octanol–water partition coefficient (Wildman–Crippen LogP) is 19.6. The van der Waals surface area contributed by atoms with Crippen LogP contribution in [0.4, 0.5) is 34.1 Å². The first-order valence-electron chi connectivity index (χ1n) is 27.8. The molecule has 378 valence electrons. The maximum atomic E-state index is 6.74. The summed E-state index contributed by atoms with van der Waals surface area (Å²) >= 11 is 0. The van der Waals surface area contributed by atoms with Gasteiger partial charge in [-0.2, -0.15) is 0 Å². The summed E-state index contributed by atoms with van der Waals surface area (Å²) in [5.41, 5.74) is 24.6. The minimum absolute atomic E-state index is 0.0200. The van der Waals surface area contributed by atoms with Crippen LogP contribution in [0.2, 0.25) is 0 Å². The van der Waals surface area contributed by atoms with Gasteiger partial charge in [0.05, 0.1) is 5.69 Å². The molecule has 13 rings (SSSR count). The first-order chi connectivity index (χ1) is 34.9. The fourth-order valence-corrected chi connectivity index (χ4v) is 14.3. The Hall–Kier alpha value is -6.32. The summed E-state index contributed by atoms with van der Waals surface area (Å²) in [5, 5.41) is 0. The van der Waals surface area contributed by atoms with Crippen LogP contribution in [-0.4, -0.2) is 0 Å². The molecule has 1 unspecified atom stereocenters. The van der Waals surface area contributed by atoms with Gasteiger partial charge in [0.25, 0.3) is 0 Å². The summed E-state index contributed by atoms with van der Waals surface area (Å²) in [6, 6.07) is 52.1. The van der Waals surface area contributed by atoms with Crippen LogP contribution in [0.15, 0.2) is 145 Å². The van der Waals surface area contributed by atoms with Gasteiger partial charge < -0.3 is 14.5 Å². The van der Waals surface area contributed by atoms with Gasteiger partial charge in [0.1, 0.15) is 11.5 Å². The van der Waals surface area contributed by atoms with E-state index >= 15 is 0 Å². The Balaban J connectivity index is 1.17. The molecule has 3 nitrogen and oxygen atoms in total. The standard InChI is InChI=1S/C71H78N2O/c1-43-34-55-57(68(8,9)32-30-66(55,4)5)41-61(43)72(48-28-29-54-59(39-48)71(14,15)53-25-20-19-24-52(53)70(54,12)13)49-36-47(46-22-17-16-18-23-46)37-50(38-49)73(60-26-21-27-63-65(60)51-40-64(74-63)45(51)3)62-42-58-56(35-44(62)2)67(6,7)31-33-69(58,10)11/h16-29,34-42,45,51H,30-33H2,1-15H3/t45-,51?/m1/s1. The fourth-order valence-electron chi connectivity index (χ4n) is 14.3. The summed E-state index contributed by atoms with van der Waals surface area (Å²) in [6.07, 6.45) is 6.99. The highest BCUT2D eigenvalue weighted by Crippen LogP contribution is 2.59. The number of rotatable bonds is 7. The number of anilines is 6. The number of hydrogen-bond donors (Lipinski definition) is 0. The molecule has 2 heterocycles. The number of nitrogens with zero attached hydrogens (tertiary/aromatic N) is 2. The lowest BCUT2D eigenvalue weighted by molar-refractivity contribution is 0.266. The average Bonchev–Trinajstić information content (AvgIpc) is 3.37. The number of allylic oxidation sites excluding steroid dienone is 2. The Morgan fingerprint density at radius 1 is 0.405 bits per heavy atom. The zero-order chi connectivity index (χ0) is 52.2. The van der Waals surface area contributed by atoms with E-state index in [1.54, 1.807) is 0 Å². The van der Waals surface area contributed by atoms with Crippen molar-refractivity contribution in [1.29, 1.82) is 0 Å². The van der Waals surface area contributed by atoms with E-state index in [1.165, 1.54) is 108 Å². The topological polar surface area (TPSA) is 15.7 Å². The third kappa shape index (κ3) is 7.32. The van der Waals surface area contributed by atoms with Gasteiger partial charge >= 0.3 is 0 Å². The molecule has 6 aliphatic rings. The first-order valence-corrected chi connectivity index (χ1v) is 27.8. The van der Waals surface area contributed by atoms with Gasteiger partial charge in [0.2, 0.25) is 0 Å². The van der Waals surface area contributed by atoms with Crippen molar-refractivity contribution < 1.29 is 4.74 Å². The number of hydrogen-bond acceptors (Lipinski definition) is 3. The summed E-state index contributed by atoms with van der Waals surface area (Å²) in [5.74, 6) is 2.66. The van der Waals surface area contributed by atoms with Crippen molar-refractivity contribution in [3.63, 3.8) is 0 Å². The molecule has 0 amide bonds. The number of aryl methyl sites for hydroxylation is 2. The van der Waals surface area contributed by atoms with Crippen molar-refractivity contribution in [3.8, 4) is 16.9 Å². The molecule has 0 saturated carbocycles. The molecular weight excluding hydrogens is 897 g/mol. The van der Waals surface area contributed by atoms with Gasteiger partial charge in [-0.1, -0.05) is 169 Å². The molecule has 0 aromatic heterocycles. The molecule has 7 aromatic rings. The third-order valence-corrected chi connectivity index (χ3v) is 19.4. The molecule has 0 N–H and O–H groups in total. The Labute approximate surface area is 443 Å². The lowest BCUT2D eigenvalue weighted by atomic mass is 9.60. The second kappa shape index (κ2) is 16.3. The van der Waals surface area contributed by atoms with E-state index in [-0.39, 0.29) is 38.4 Å². The first kappa shape index (κ1) is 48.6.